The second-order valence-electron chi connectivity index (χ2n) is 5.98. The average molecular weight is 301 g/mol. The predicted molar refractivity (Wildman–Crippen MR) is 83.7 cm³/mol. The maximum Gasteiger partial charge on any atom is 0.165 e. The Labute approximate surface area is 131 Å². The van der Waals surface area contributed by atoms with Crippen molar-refractivity contribution in [2.45, 2.75) is 38.8 Å². The molecule has 2 aromatic rings. The molecule has 1 saturated carbocycles. The molecule has 3 rings (SSSR count). The van der Waals surface area contributed by atoms with Gasteiger partial charge in [0.1, 0.15) is 5.75 Å². The van der Waals surface area contributed by atoms with Crippen molar-refractivity contribution < 1.29 is 4.74 Å². The van der Waals surface area contributed by atoms with Crippen molar-refractivity contribution in [1.82, 2.24) is 25.1 Å². The van der Waals surface area contributed by atoms with Crippen molar-refractivity contribution in [2.75, 3.05) is 20.2 Å². The summed E-state index contributed by atoms with van der Waals surface area (Å²) in [6.07, 6.45) is 3.38. The van der Waals surface area contributed by atoms with Gasteiger partial charge in [-0.2, -0.15) is 0 Å². The Bertz CT molecular complexity index is 608. The highest BCUT2D eigenvalue weighted by Crippen LogP contribution is 2.34. The Morgan fingerprint density at radius 3 is 2.91 bits per heavy atom. The van der Waals surface area contributed by atoms with Crippen molar-refractivity contribution in [3.05, 3.63) is 35.7 Å². The summed E-state index contributed by atoms with van der Waals surface area (Å²) < 4.78 is 7.79. The minimum atomic E-state index is 0.530. The van der Waals surface area contributed by atoms with Gasteiger partial charge in [0.25, 0.3) is 0 Å². The molecule has 1 fully saturated rings. The van der Waals surface area contributed by atoms with Gasteiger partial charge in [-0.1, -0.05) is 18.2 Å². The first kappa shape index (κ1) is 15.0. The van der Waals surface area contributed by atoms with E-state index < -0.39 is 0 Å². The predicted octanol–water partition coefficient (Wildman–Crippen LogP) is 2.22. The van der Waals surface area contributed by atoms with Crippen LogP contribution in [0.2, 0.25) is 0 Å². The zero-order chi connectivity index (χ0) is 15.4. The van der Waals surface area contributed by atoms with Crippen molar-refractivity contribution in [2.24, 2.45) is 0 Å². The van der Waals surface area contributed by atoms with Gasteiger partial charge in [-0.05, 0) is 55.3 Å². The van der Waals surface area contributed by atoms with E-state index in [1.54, 1.807) is 0 Å². The molecule has 0 aliphatic heterocycles. The maximum absolute atomic E-state index is 5.82. The third-order valence-electron chi connectivity index (χ3n) is 3.90. The molecule has 1 aromatic carbocycles. The van der Waals surface area contributed by atoms with Crippen LogP contribution in [0.4, 0.5) is 0 Å². The number of rotatable bonds is 8. The maximum atomic E-state index is 5.82. The van der Waals surface area contributed by atoms with Crippen LogP contribution in [0.1, 0.15) is 36.7 Å². The van der Waals surface area contributed by atoms with Crippen LogP contribution in [0.3, 0.4) is 0 Å². The summed E-state index contributed by atoms with van der Waals surface area (Å²) in [5, 5.41) is 12.0. The van der Waals surface area contributed by atoms with Crippen LogP contribution in [-0.4, -0.2) is 45.3 Å². The minimum Gasteiger partial charge on any atom is -0.493 e. The quantitative estimate of drug-likeness (QED) is 0.700. The van der Waals surface area contributed by atoms with Crippen molar-refractivity contribution in [1.29, 1.82) is 0 Å². The minimum absolute atomic E-state index is 0.530. The molecule has 0 N–H and O–H groups in total. The van der Waals surface area contributed by atoms with Gasteiger partial charge in [0.2, 0.25) is 0 Å². The molecule has 0 unspecified atom stereocenters. The molecular weight excluding hydrogens is 278 g/mol. The van der Waals surface area contributed by atoms with E-state index in [-0.39, 0.29) is 0 Å². The van der Waals surface area contributed by atoms with Gasteiger partial charge in [-0.3, -0.25) is 4.90 Å². The number of tetrazole rings is 1. The molecule has 0 atom stereocenters. The van der Waals surface area contributed by atoms with Gasteiger partial charge >= 0.3 is 0 Å². The van der Waals surface area contributed by atoms with Crippen LogP contribution >= 0.6 is 0 Å². The fourth-order valence-electron chi connectivity index (χ4n) is 2.47. The SMILES string of the molecule is Cc1ccccc1OCCCN(C)Cc1nnnn1C1CC1. The number of benzene rings is 1. The third kappa shape index (κ3) is 3.82. The number of hydrogen-bond donors (Lipinski definition) is 0. The normalized spacial score (nSPS) is 14.5. The highest BCUT2D eigenvalue weighted by atomic mass is 16.5. The van der Waals surface area contributed by atoms with Gasteiger partial charge < -0.3 is 4.74 Å². The number of nitrogens with zero attached hydrogens (tertiary/aromatic N) is 5. The van der Waals surface area contributed by atoms with Gasteiger partial charge in [0, 0.05) is 6.54 Å². The lowest BCUT2D eigenvalue weighted by atomic mass is 10.2. The van der Waals surface area contributed by atoms with E-state index in [2.05, 4.69) is 40.5 Å². The first-order valence-corrected chi connectivity index (χ1v) is 7.88. The van der Waals surface area contributed by atoms with E-state index in [1.807, 2.05) is 22.9 Å². The van der Waals surface area contributed by atoms with Crippen LogP contribution in [0.15, 0.2) is 24.3 Å². The van der Waals surface area contributed by atoms with Gasteiger partial charge in [-0.15, -0.1) is 5.10 Å². The highest BCUT2D eigenvalue weighted by Gasteiger charge is 2.27. The lowest BCUT2D eigenvalue weighted by molar-refractivity contribution is 0.252. The van der Waals surface area contributed by atoms with Crippen LogP contribution in [0.5, 0.6) is 5.75 Å². The number of aryl methyl sites for hydroxylation is 1. The topological polar surface area (TPSA) is 56.1 Å². The fourth-order valence-corrected chi connectivity index (χ4v) is 2.47. The molecule has 1 aliphatic rings. The van der Waals surface area contributed by atoms with Crippen LogP contribution in [-0.2, 0) is 6.54 Å². The monoisotopic (exact) mass is 301 g/mol. The number of aromatic nitrogens is 4. The first-order chi connectivity index (χ1) is 10.7. The summed E-state index contributed by atoms with van der Waals surface area (Å²) in [4.78, 5) is 2.24. The lowest BCUT2D eigenvalue weighted by Gasteiger charge is -2.16. The van der Waals surface area contributed by atoms with E-state index in [0.717, 1.165) is 37.7 Å². The first-order valence-electron chi connectivity index (χ1n) is 7.88. The molecule has 6 nitrogen and oxygen atoms in total. The second-order valence-corrected chi connectivity index (χ2v) is 5.98. The molecule has 22 heavy (non-hydrogen) atoms. The number of hydrogen-bond acceptors (Lipinski definition) is 5. The molecule has 6 heteroatoms. The summed E-state index contributed by atoms with van der Waals surface area (Å²) in [5.74, 6) is 1.94. The number of para-hydroxylation sites is 1. The largest absolute Gasteiger partial charge is 0.493 e. The van der Waals surface area contributed by atoms with E-state index in [9.17, 15) is 0 Å². The second kappa shape index (κ2) is 6.87. The van der Waals surface area contributed by atoms with Crippen LogP contribution in [0.25, 0.3) is 0 Å². The molecule has 0 saturated heterocycles. The lowest BCUT2D eigenvalue weighted by Crippen LogP contribution is -2.23. The summed E-state index contributed by atoms with van der Waals surface area (Å²) in [5.41, 5.74) is 1.18. The van der Waals surface area contributed by atoms with Crippen molar-refractivity contribution in [3.63, 3.8) is 0 Å². The van der Waals surface area contributed by atoms with Crippen molar-refractivity contribution in [3.8, 4) is 5.75 Å². The van der Waals surface area contributed by atoms with E-state index in [0.29, 0.717) is 6.04 Å². The summed E-state index contributed by atoms with van der Waals surface area (Å²) in [6, 6.07) is 8.65. The number of ether oxygens (including phenoxy) is 1. The standard InChI is InChI=1S/C16H23N5O/c1-13-6-3-4-7-15(13)22-11-5-10-20(2)12-16-17-18-19-21(16)14-8-9-14/h3-4,6-7,14H,5,8-12H2,1-2H3. The smallest absolute Gasteiger partial charge is 0.165 e. The Balaban J connectivity index is 1.40. The summed E-state index contributed by atoms with van der Waals surface area (Å²) in [6.45, 7) is 4.54. The Hall–Kier alpha value is -1.95. The molecule has 0 amide bonds. The van der Waals surface area contributed by atoms with Crippen LogP contribution < -0.4 is 4.74 Å². The fraction of sp³-hybridized carbons (Fsp3) is 0.562. The van der Waals surface area contributed by atoms with Crippen molar-refractivity contribution >= 4 is 0 Å². The molecule has 0 bridgehead atoms. The van der Waals surface area contributed by atoms with E-state index >= 15 is 0 Å². The highest BCUT2D eigenvalue weighted by molar-refractivity contribution is 5.31. The van der Waals surface area contributed by atoms with Crippen LogP contribution in [0, 0.1) is 6.92 Å². The summed E-state index contributed by atoms with van der Waals surface area (Å²) in [7, 11) is 2.10. The zero-order valence-electron chi connectivity index (χ0n) is 13.3. The Morgan fingerprint density at radius 2 is 2.14 bits per heavy atom. The molecule has 0 radical (unpaired) electrons. The molecule has 0 spiro atoms. The molecular formula is C16H23N5O. The summed E-state index contributed by atoms with van der Waals surface area (Å²) >= 11 is 0. The molecule has 118 valence electrons. The Morgan fingerprint density at radius 1 is 1.32 bits per heavy atom. The van der Waals surface area contributed by atoms with E-state index in [1.165, 1.54) is 18.4 Å². The third-order valence-corrected chi connectivity index (χ3v) is 3.90. The molecule has 1 heterocycles. The van der Waals surface area contributed by atoms with E-state index in [4.69, 9.17) is 4.74 Å². The average Bonchev–Trinajstić information content (AvgIpc) is 3.26. The van der Waals surface area contributed by atoms with Gasteiger partial charge in [-0.25, -0.2) is 4.68 Å². The Kier molecular flexibility index (Phi) is 4.68. The molecule has 1 aromatic heterocycles. The van der Waals surface area contributed by atoms with Gasteiger partial charge in [0.15, 0.2) is 5.82 Å². The molecule has 1 aliphatic carbocycles. The zero-order valence-corrected chi connectivity index (χ0v) is 13.3. The van der Waals surface area contributed by atoms with Gasteiger partial charge in [0.05, 0.1) is 19.2 Å².